The monoisotopic (exact) mass is 481 g/mol. The number of rotatable bonds is 9. The van der Waals surface area contributed by atoms with Gasteiger partial charge in [-0.3, -0.25) is 10.4 Å². The summed E-state index contributed by atoms with van der Waals surface area (Å²) in [6.07, 6.45) is 9.75. The van der Waals surface area contributed by atoms with Gasteiger partial charge in [0.1, 0.15) is 6.20 Å². The highest BCUT2D eigenvalue weighted by atomic mass is 32.2. The van der Waals surface area contributed by atoms with Gasteiger partial charge in [-0.15, -0.1) is 0 Å². The fourth-order valence-electron chi connectivity index (χ4n) is 4.17. The first-order valence-corrected chi connectivity index (χ1v) is 12.7. The van der Waals surface area contributed by atoms with Crippen LogP contribution in [-0.4, -0.2) is 70.7 Å². The molecule has 2 aromatic heterocycles. The van der Waals surface area contributed by atoms with Crippen molar-refractivity contribution in [1.29, 1.82) is 10.8 Å². The molecule has 2 aliphatic heterocycles. The summed E-state index contributed by atoms with van der Waals surface area (Å²) in [6.45, 7) is 5.85. The smallest absolute Gasteiger partial charge is 0.166 e. The lowest BCUT2D eigenvalue weighted by atomic mass is 10.1. The summed E-state index contributed by atoms with van der Waals surface area (Å²) in [7, 11) is 0. The van der Waals surface area contributed by atoms with E-state index in [9.17, 15) is 0 Å². The maximum absolute atomic E-state index is 8.19. The molecule has 0 amide bonds. The Kier molecular flexibility index (Phi) is 8.75. The molecule has 0 aromatic carbocycles. The van der Waals surface area contributed by atoms with Gasteiger partial charge in [0.05, 0.1) is 34.8 Å². The van der Waals surface area contributed by atoms with Crippen LogP contribution in [0.25, 0.3) is 16.6 Å². The van der Waals surface area contributed by atoms with Crippen molar-refractivity contribution < 1.29 is 10.1 Å². The van der Waals surface area contributed by atoms with Gasteiger partial charge >= 0.3 is 0 Å². The average molecular weight is 482 g/mol. The van der Waals surface area contributed by atoms with Gasteiger partial charge < -0.3 is 26.1 Å². The molecule has 10 heteroatoms. The van der Waals surface area contributed by atoms with Gasteiger partial charge in [0.15, 0.2) is 11.0 Å². The first-order valence-electron chi connectivity index (χ1n) is 11.8. The molecule has 2 fully saturated rings. The normalized spacial score (nSPS) is 19.7. The Hall–Kier alpha value is -2.66. The van der Waals surface area contributed by atoms with E-state index in [4.69, 9.17) is 21.3 Å². The Bertz CT molecular complexity index is 1070. The van der Waals surface area contributed by atoms with Crippen LogP contribution in [0.2, 0.25) is 0 Å². The van der Waals surface area contributed by atoms with E-state index in [2.05, 4.69) is 25.2 Å². The third kappa shape index (κ3) is 6.69. The lowest BCUT2D eigenvalue weighted by Gasteiger charge is -2.12. The van der Waals surface area contributed by atoms with Crippen LogP contribution in [0, 0.1) is 16.7 Å². The summed E-state index contributed by atoms with van der Waals surface area (Å²) in [5, 5.41) is 18.9. The Morgan fingerprint density at radius 3 is 2.94 bits per heavy atom. The first kappa shape index (κ1) is 24.5. The van der Waals surface area contributed by atoms with Crippen LogP contribution in [0.15, 0.2) is 35.6 Å². The van der Waals surface area contributed by atoms with Crippen LogP contribution in [-0.2, 0) is 4.74 Å². The van der Waals surface area contributed by atoms with Crippen molar-refractivity contribution in [3.05, 3.63) is 36.2 Å². The zero-order valence-corrected chi connectivity index (χ0v) is 20.2. The van der Waals surface area contributed by atoms with Crippen molar-refractivity contribution >= 4 is 50.6 Å². The Morgan fingerprint density at radius 2 is 2.18 bits per heavy atom. The molecule has 0 spiro atoms. The van der Waals surface area contributed by atoms with Gasteiger partial charge in [-0.25, -0.2) is 9.98 Å². The molecule has 1 atom stereocenters. The molecule has 6 N–H and O–H groups in total. The number of fused-ring (bicyclic) bond motifs is 1. The van der Waals surface area contributed by atoms with Crippen molar-refractivity contribution in [3.63, 3.8) is 0 Å². The molecule has 0 bridgehead atoms. The summed E-state index contributed by atoms with van der Waals surface area (Å²) >= 11 is 1.16. The van der Waals surface area contributed by atoms with Crippen LogP contribution < -0.4 is 11.1 Å². The maximum atomic E-state index is 8.19. The van der Waals surface area contributed by atoms with Gasteiger partial charge in [-0.05, 0) is 62.3 Å². The fraction of sp³-hybridized carbons (Fsp3) is 0.458. The topological polar surface area (TPSA) is 141 Å². The second-order valence-corrected chi connectivity index (χ2v) is 9.66. The number of aromatic nitrogens is 2. The zero-order valence-electron chi connectivity index (χ0n) is 19.4. The number of allylic oxidation sites excluding steroid dienone is 1. The number of thioether (sulfide) groups is 1. The number of nitrogens with two attached hydrogens (primary N) is 2. The number of nitrogens with zero attached hydrogens (tertiary/aromatic N) is 4. The molecule has 0 aliphatic carbocycles. The van der Waals surface area contributed by atoms with E-state index in [0.29, 0.717) is 29.6 Å². The van der Waals surface area contributed by atoms with E-state index in [1.807, 2.05) is 18.3 Å². The van der Waals surface area contributed by atoms with Crippen LogP contribution in [0.3, 0.4) is 0 Å². The molecule has 9 nitrogen and oxygen atoms in total. The number of pyridine rings is 2. The number of hydrogen-bond acceptors (Lipinski definition) is 8. The van der Waals surface area contributed by atoms with Gasteiger partial charge in [-0.2, -0.15) is 0 Å². The first-order chi connectivity index (χ1) is 16.6. The second kappa shape index (κ2) is 12.2. The summed E-state index contributed by atoms with van der Waals surface area (Å²) in [6, 6.07) is 5.56. The van der Waals surface area contributed by atoms with Crippen molar-refractivity contribution in [2.24, 2.45) is 16.6 Å². The molecular weight excluding hydrogens is 448 g/mol. The Labute approximate surface area is 204 Å². The minimum Gasteiger partial charge on any atom is -0.381 e. The van der Waals surface area contributed by atoms with E-state index < -0.39 is 0 Å². The Morgan fingerprint density at radius 1 is 1.32 bits per heavy atom. The second-order valence-electron chi connectivity index (χ2n) is 8.60. The predicted octanol–water partition coefficient (Wildman–Crippen LogP) is 2.36. The summed E-state index contributed by atoms with van der Waals surface area (Å²) in [5.41, 5.74) is 9.16. The van der Waals surface area contributed by atoms with E-state index in [-0.39, 0.29) is 11.1 Å². The quantitative estimate of drug-likeness (QED) is 0.246. The SMILES string of the molecule is N=C/C(=C\[NH2+]CCCN1CCCC1)c1cnc2ccc(N=C(N)SC(=N)C3CCOC3)nc2c1. The average Bonchev–Trinajstić information content (AvgIpc) is 3.55. The van der Waals surface area contributed by atoms with Crippen molar-refractivity contribution in [3.8, 4) is 0 Å². The van der Waals surface area contributed by atoms with Crippen LogP contribution >= 0.6 is 11.8 Å². The number of likely N-dealkylation sites (tertiary alicyclic amines) is 1. The minimum absolute atomic E-state index is 0.0958. The van der Waals surface area contributed by atoms with E-state index in [0.717, 1.165) is 54.3 Å². The van der Waals surface area contributed by atoms with Crippen molar-refractivity contribution in [2.45, 2.75) is 25.7 Å². The van der Waals surface area contributed by atoms with Gasteiger partial charge in [0.25, 0.3) is 0 Å². The predicted molar refractivity (Wildman–Crippen MR) is 139 cm³/mol. The molecule has 2 aromatic rings. The highest BCUT2D eigenvalue weighted by Gasteiger charge is 2.21. The third-order valence-electron chi connectivity index (χ3n) is 6.09. The molecular formula is C24H33N8OS+. The largest absolute Gasteiger partial charge is 0.381 e. The fourth-order valence-corrected chi connectivity index (χ4v) is 4.88. The lowest BCUT2D eigenvalue weighted by Crippen LogP contribution is -2.78. The number of ether oxygens (including phenoxy) is 1. The van der Waals surface area contributed by atoms with Crippen LogP contribution in [0.1, 0.15) is 31.2 Å². The maximum Gasteiger partial charge on any atom is 0.166 e. The third-order valence-corrected chi connectivity index (χ3v) is 6.95. The zero-order chi connectivity index (χ0) is 23.8. The van der Waals surface area contributed by atoms with Crippen LogP contribution in [0.5, 0.6) is 0 Å². The molecule has 0 radical (unpaired) electrons. The number of nitrogens with one attached hydrogen (secondary N) is 2. The molecule has 2 aliphatic rings. The number of amidine groups is 1. The van der Waals surface area contributed by atoms with Gasteiger partial charge in [0, 0.05) is 43.5 Å². The van der Waals surface area contributed by atoms with Crippen molar-refractivity contribution in [2.75, 3.05) is 39.4 Å². The van der Waals surface area contributed by atoms with Gasteiger partial charge in [-0.1, -0.05) is 0 Å². The molecule has 180 valence electrons. The summed E-state index contributed by atoms with van der Waals surface area (Å²) in [5.74, 6) is 0.569. The standard InChI is InChI=1S/C24H32N8OS/c25-13-19(14-28-7-3-10-32-8-1-2-9-32)18-12-21-20(29-15-18)4-5-22(30-21)31-24(27)34-23(26)17-6-11-33-16-17/h4-5,12-15,17,25-26,28H,1-3,6-11,16H2,(H2,27,30,31)/p+1/b19-14+,25-13?,26-23?. The lowest BCUT2D eigenvalue weighted by molar-refractivity contribution is -0.587. The van der Waals surface area contributed by atoms with E-state index in [1.165, 1.54) is 32.1 Å². The highest BCUT2D eigenvalue weighted by Crippen LogP contribution is 2.23. The van der Waals surface area contributed by atoms with Crippen LogP contribution in [0.4, 0.5) is 5.82 Å². The molecule has 34 heavy (non-hydrogen) atoms. The molecule has 2 saturated heterocycles. The van der Waals surface area contributed by atoms with E-state index >= 15 is 0 Å². The number of hydrogen-bond donors (Lipinski definition) is 4. The molecule has 4 heterocycles. The Balaban J connectivity index is 1.39. The van der Waals surface area contributed by atoms with E-state index in [1.54, 1.807) is 12.3 Å². The molecule has 1 unspecified atom stereocenters. The number of aliphatic imine (C=N–C) groups is 1. The minimum atomic E-state index is 0.0958. The summed E-state index contributed by atoms with van der Waals surface area (Å²) < 4.78 is 5.34. The van der Waals surface area contributed by atoms with Crippen molar-refractivity contribution in [1.82, 2.24) is 14.9 Å². The number of quaternary nitrogens is 1. The molecule has 4 rings (SSSR count). The highest BCUT2D eigenvalue weighted by molar-refractivity contribution is 8.26. The van der Waals surface area contributed by atoms with Gasteiger partial charge in [0.2, 0.25) is 0 Å². The summed E-state index contributed by atoms with van der Waals surface area (Å²) in [4.78, 5) is 16.0. The molecule has 0 saturated carbocycles.